The summed E-state index contributed by atoms with van der Waals surface area (Å²) < 4.78 is 5.22. The number of amides is 1. The first-order chi connectivity index (χ1) is 8.19. The Bertz CT molecular complexity index is 453. The molecular weight excluding hydrogens is 220 g/mol. The minimum absolute atomic E-state index is 0.397. The third kappa shape index (κ3) is 3.79. The maximum Gasteiger partial charge on any atom is 0.248 e. The van der Waals surface area contributed by atoms with E-state index in [0.29, 0.717) is 30.9 Å². The van der Waals surface area contributed by atoms with Crippen LogP contribution in [0.5, 0.6) is 0 Å². The van der Waals surface area contributed by atoms with Gasteiger partial charge >= 0.3 is 0 Å². The van der Waals surface area contributed by atoms with E-state index in [1.165, 1.54) is 6.07 Å². The summed E-state index contributed by atoms with van der Waals surface area (Å²) in [6.45, 7) is 3.02. The molecule has 0 radical (unpaired) electrons. The number of benzene rings is 1. The minimum atomic E-state index is -0.504. The molecule has 0 aliphatic rings. The molecule has 0 aromatic heterocycles. The van der Waals surface area contributed by atoms with Crippen molar-refractivity contribution in [2.75, 3.05) is 13.2 Å². The van der Waals surface area contributed by atoms with Crippen LogP contribution in [0.25, 0.3) is 10.4 Å². The Hall–Kier alpha value is -2.04. The molecule has 2 N–H and O–H groups in total. The highest BCUT2D eigenvalue weighted by Crippen LogP contribution is 2.21. The Labute approximate surface area is 99.0 Å². The van der Waals surface area contributed by atoms with Crippen LogP contribution < -0.4 is 5.73 Å². The topological polar surface area (TPSA) is 101 Å². The fraction of sp³-hybridized carbons (Fsp3) is 0.364. The van der Waals surface area contributed by atoms with Crippen molar-refractivity contribution in [3.8, 4) is 0 Å². The first-order valence-corrected chi connectivity index (χ1v) is 5.24. The van der Waals surface area contributed by atoms with Crippen molar-refractivity contribution in [3.05, 3.63) is 39.8 Å². The molecule has 0 saturated carbocycles. The fourth-order valence-corrected chi connectivity index (χ4v) is 1.41. The summed E-state index contributed by atoms with van der Waals surface area (Å²) in [6, 6.07) is 4.75. The molecule has 1 rings (SSSR count). The average Bonchev–Trinajstić information content (AvgIpc) is 2.31. The summed E-state index contributed by atoms with van der Waals surface area (Å²) in [5.41, 5.74) is 15.3. The predicted molar refractivity (Wildman–Crippen MR) is 64.0 cm³/mol. The second kappa shape index (κ2) is 6.52. The zero-order chi connectivity index (χ0) is 12.7. The van der Waals surface area contributed by atoms with Crippen molar-refractivity contribution in [1.29, 1.82) is 0 Å². The van der Waals surface area contributed by atoms with Gasteiger partial charge in [0.15, 0.2) is 0 Å². The van der Waals surface area contributed by atoms with Crippen LogP contribution in [0.4, 0.5) is 5.69 Å². The normalized spacial score (nSPS) is 9.71. The van der Waals surface area contributed by atoms with E-state index >= 15 is 0 Å². The number of primary amides is 1. The molecular formula is C11H14N4O2. The van der Waals surface area contributed by atoms with Gasteiger partial charge in [0.05, 0.1) is 6.61 Å². The van der Waals surface area contributed by atoms with E-state index in [1.807, 2.05) is 6.92 Å². The third-order valence-electron chi connectivity index (χ3n) is 2.24. The Balaban J connectivity index is 2.98. The molecule has 1 amide bonds. The van der Waals surface area contributed by atoms with E-state index in [2.05, 4.69) is 10.0 Å². The molecule has 6 heteroatoms. The lowest BCUT2D eigenvalue weighted by Crippen LogP contribution is -2.11. The van der Waals surface area contributed by atoms with Crippen molar-refractivity contribution in [2.45, 2.75) is 13.3 Å². The lowest BCUT2D eigenvalue weighted by Gasteiger charge is -2.07. The van der Waals surface area contributed by atoms with Crippen molar-refractivity contribution in [3.63, 3.8) is 0 Å². The lowest BCUT2D eigenvalue weighted by molar-refractivity contribution is 0.1000. The summed E-state index contributed by atoms with van der Waals surface area (Å²) in [7, 11) is 0. The number of rotatable bonds is 6. The number of carbonyl (C=O) groups is 1. The summed E-state index contributed by atoms with van der Waals surface area (Å²) in [5, 5.41) is 3.56. The van der Waals surface area contributed by atoms with Crippen molar-refractivity contribution in [2.24, 2.45) is 10.8 Å². The van der Waals surface area contributed by atoms with E-state index in [1.54, 1.807) is 12.1 Å². The molecule has 0 unspecified atom stereocenters. The number of nitrogens with two attached hydrogens (primary N) is 1. The molecule has 0 aliphatic heterocycles. The van der Waals surface area contributed by atoms with E-state index < -0.39 is 5.91 Å². The lowest BCUT2D eigenvalue weighted by atomic mass is 10.1. The van der Waals surface area contributed by atoms with Gasteiger partial charge in [-0.05, 0) is 36.6 Å². The predicted octanol–water partition coefficient (Wildman–Crippen LogP) is 2.31. The number of carbonyl (C=O) groups excluding carboxylic acids is 1. The molecule has 0 aliphatic carbocycles. The van der Waals surface area contributed by atoms with Gasteiger partial charge in [-0.15, -0.1) is 0 Å². The van der Waals surface area contributed by atoms with Crippen LogP contribution in [0.2, 0.25) is 0 Å². The standard InChI is InChI=1S/C11H14N4O2/c1-2-17-6-5-8-7-9(11(12)16)3-4-10(8)14-15-13/h3-4,7H,2,5-6H2,1H3,(H2,12,16). The van der Waals surface area contributed by atoms with E-state index in [0.717, 1.165) is 5.56 Å². The molecule has 0 atom stereocenters. The molecule has 0 saturated heterocycles. The first-order valence-electron chi connectivity index (χ1n) is 5.24. The third-order valence-corrected chi connectivity index (χ3v) is 2.24. The molecule has 6 nitrogen and oxygen atoms in total. The van der Waals surface area contributed by atoms with E-state index in [9.17, 15) is 4.79 Å². The SMILES string of the molecule is CCOCCc1cc(C(N)=O)ccc1N=[N+]=[N-]. The maximum atomic E-state index is 11.0. The van der Waals surface area contributed by atoms with E-state index in [-0.39, 0.29) is 0 Å². The van der Waals surface area contributed by atoms with Crippen molar-refractivity contribution in [1.82, 2.24) is 0 Å². The summed E-state index contributed by atoms with van der Waals surface area (Å²) in [6.07, 6.45) is 0.573. The Morgan fingerprint density at radius 1 is 1.59 bits per heavy atom. The number of azide groups is 1. The van der Waals surface area contributed by atoms with Crippen LogP contribution in [0, 0.1) is 0 Å². The summed E-state index contributed by atoms with van der Waals surface area (Å²) in [4.78, 5) is 13.8. The van der Waals surface area contributed by atoms with Gasteiger partial charge in [0.25, 0.3) is 0 Å². The molecule has 0 heterocycles. The molecule has 0 spiro atoms. The molecule has 0 fully saturated rings. The van der Waals surface area contributed by atoms with Crippen LogP contribution in [0.3, 0.4) is 0 Å². The van der Waals surface area contributed by atoms with Crippen LogP contribution >= 0.6 is 0 Å². The van der Waals surface area contributed by atoms with Crippen molar-refractivity contribution >= 4 is 11.6 Å². The van der Waals surface area contributed by atoms with E-state index in [4.69, 9.17) is 16.0 Å². The molecule has 1 aromatic carbocycles. The number of hydrogen-bond acceptors (Lipinski definition) is 3. The second-order valence-corrected chi connectivity index (χ2v) is 3.34. The van der Waals surface area contributed by atoms with Gasteiger partial charge in [0.2, 0.25) is 5.91 Å². The number of ether oxygens (including phenoxy) is 1. The molecule has 90 valence electrons. The quantitative estimate of drug-likeness (QED) is 0.353. The van der Waals surface area contributed by atoms with Crippen molar-refractivity contribution < 1.29 is 9.53 Å². The number of hydrogen-bond donors (Lipinski definition) is 1. The second-order valence-electron chi connectivity index (χ2n) is 3.34. The van der Waals surface area contributed by atoms with Crippen LogP contribution in [0.15, 0.2) is 23.3 Å². The molecule has 0 bridgehead atoms. The minimum Gasteiger partial charge on any atom is -0.381 e. The van der Waals surface area contributed by atoms with Gasteiger partial charge in [-0.1, -0.05) is 11.2 Å². The van der Waals surface area contributed by atoms with Crippen LogP contribution in [-0.4, -0.2) is 19.1 Å². The van der Waals surface area contributed by atoms with Crippen LogP contribution in [0.1, 0.15) is 22.8 Å². The Morgan fingerprint density at radius 3 is 2.94 bits per heavy atom. The maximum absolute atomic E-state index is 11.0. The Morgan fingerprint density at radius 2 is 2.35 bits per heavy atom. The van der Waals surface area contributed by atoms with Gasteiger partial charge in [0, 0.05) is 22.8 Å². The smallest absolute Gasteiger partial charge is 0.248 e. The van der Waals surface area contributed by atoms with Gasteiger partial charge in [-0.3, -0.25) is 4.79 Å². The first kappa shape index (κ1) is 13.0. The Kier molecular flexibility index (Phi) is 5.00. The van der Waals surface area contributed by atoms with Gasteiger partial charge in [-0.2, -0.15) is 0 Å². The number of nitrogens with zero attached hydrogens (tertiary/aromatic N) is 3. The monoisotopic (exact) mass is 234 g/mol. The molecule has 1 aromatic rings. The molecule has 17 heavy (non-hydrogen) atoms. The highest BCUT2D eigenvalue weighted by molar-refractivity contribution is 5.93. The summed E-state index contributed by atoms with van der Waals surface area (Å²) in [5.74, 6) is -0.504. The largest absolute Gasteiger partial charge is 0.381 e. The zero-order valence-corrected chi connectivity index (χ0v) is 9.59. The zero-order valence-electron chi connectivity index (χ0n) is 9.59. The van der Waals surface area contributed by atoms with Gasteiger partial charge < -0.3 is 10.5 Å². The van der Waals surface area contributed by atoms with Gasteiger partial charge in [-0.25, -0.2) is 0 Å². The van der Waals surface area contributed by atoms with Gasteiger partial charge in [0.1, 0.15) is 0 Å². The van der Waals surface area contributed by atoms with Crippen LogP contribution in [-0.2, 0) is 11.2 Å². The highest BCUT2D eigenvalue weighted by Gasteiger charge is 2.06. The fourth-order valence-electron chi connectivity index (χ4n) is 1.41. The average molecular weight is 234 g/mol. The highest BCUT2D eigenvalue weighted by atomic mass is 16.5. The summed E-state index contributed by atoms with van der Waals surface area (Å²) >= 11 is 0.